The van der Waals surface area contributed by atoms with Gasteiger partial charge in [0.25, 0.3) is 0 Å². The zero-order valence-corrected chi connectivity index (χ0v) is 12.6. The highest BCUT2D eigenvalue weighted by Gasteiger charge is 2.23. The maximum atomic E-state index is 13.9. The molecule has 0 spiro atoms. The van der Waals surface area contributed by atoms with Gasteiger partial charge < -0.3 is 15.2 Å². The van der Waals surface area contributed by atoms with E-state index in [0.29, 0.717) is 18.6 Å². The second-order valence-corrected chi connectivity index (χ2v) is 5.62. The quantitative estimate of drug-likeness (QED) is 0.915. The van der Waals surface area contributed by atoms with Crippen LogP contribution in [0.4, 0.5) is 4.39 Å². The smallest absolute Gasteiger partial charge is 0.224 e. The molecule has 2 aromatic rings. The van der Waals surface area contributed by atoms with Crippen LogP contribution in [0.5, 0.6) is 11.5 Å². The Kier molecular flexibility index (Phi) is 4.46. The molecule has 0 aromatic heterocycles. The van der Waals surface area contributed by atoms with Crippen molar-refractivity contribution in [2.75, 3.05) is 6.61 Å². The number of phenolic OH excluding ortho intramolecular Hbond substituents is 1. The third kappa shape index (κ3) is 3.62. The van der Waals surface area contributed by atoms with Crippen molar-refractivity contribution in [3.63, 3.8) is 0 Å². The van der Waals surface area contributed by atoms with Crippen LogP contribution < -0.4 is 10.1 Å². The molecule has 23 heavy (non-hydrogen) atoms. The minimum absolute atomic E-state index is 0.130. The lowest BCUT2D eigenvalue weighted by Crippen LogP contribution is -2.29. The predicted octanol–water partition coefficient (Wildman–Crippen LogP) is 3.10. The van der Waals surface area contributed by atoms with E-state index < -0.39 is 5.82 Å². The number of amides is 1. The number of hydrogen-bond acceptors (Lipinski definition) is 3. The van der Waals surface area contributed by atoms with E-state index in [2.05, 4.69) is 5.32 Å². The molecule has 1 aliphatic rings. The molecule has 1 atom stereocenters. The fourth-order valence-corrected chi connectivity index (χ4v) is 2.82. The van der Waals surface area contributed by atoms with Crippen LogP contribution in [0, 0.1) is 5.82 Å². The van der Waals surface area contributed by atoms with Crippen LogP contribution in [0.3, 0.4) is 0 Å². The molecule has 0 radical (unpaired) electrons. The summed E-state index contributed by atoms with van der Waals surface area (Å²) in [5.74, 6) is -0.215. The van der Waals surface area contributed by atoms with Crippen LogP contribution in [0.25, 0.3) is 0 Å². The molecule has 0 saturated heterocycles. The molecule has 1 heterocycles. The molecule has 2 aromatic carbocycles. The van der Waals surface area contributed by atoms with E-state index in [1.54, 1.807) is 36.4 Å². The van der Waals surface area contributed by atoms with E-state index in [0.717, 1.165) is 12.0 Å². The molecule has 0 aliphatic carbocycles. The van der Waals surface area contributed by atoms with Crippen molar-refractivity contribution in [3.8, 4) is 11.5 Å². The Morgan fingerprint density at radius 1 is 1.30 bits per heavy atom. The van der Waals surface area contributed by atoms with Gasteiger partial charge in [0.05, 0.1) is 19.1 Å². The second-order valence-electron chi connectivity index (χ2n) is 5.62. The maximum Gasteiger partial charge on any atom is 0.224 e. The lowest BCUT2D eigenvalue weighted by molar-refractivity contribution is -0.121. The SMILES string of the molecule is O=C(Cc1cccc(O)c1)NC1CCCOc2c(F)cccc21. The van der Waals surface area contributed by atoms with E-state index in [4.69, 9.17) is 4.74 Å². The van der Waals surface area contributed by atoms with Gasteiger partial charge in [0.2, 0.25) is 5.91 Å². The van der Waals surface area contributed by atoms with Crippen molar-refractivity contribution < 1.29 is 19.0 Å². The lowest BCUT2D eigenvalue weighted by atomic mass is 10.0. The number of fused-ring (bicyclic) bond motifs is 1. The third-order valence-corrected chi connectivity index (χ3v) is 3.87. The maximum absolute atomic E-state index is 13.9. The van der Waals surface area contributed by atoms with Gasteiger partial charge in [-0.05, 0) is 36.6 Å². The Hall–Kier alpha value is -2.56. The lowest BCUT2D eigenvalue weighted by Gasteiger charge is -2.18. The Morgan fingerprint density at radius 3 is 2.96 bits per heavy atom. The summed E-state index contributed by atoms with van der Waals surface area (Å²) in [6, 6.07) is 11.1. The normalized spacial score (nSPS) is 16.8. The van der Waals surface area contributed by atoms with Gasteiger partial charge >= 0.3 is 0 Å². The number of carbonyl (C=O) groups is 1. The highest BCUT2D eigenvalue weighted by molar-refractivity contribution is 5.79. The molecule has 120 valence electrons. The van der Waals surface area contributed by atoms with Crippen LogP contribution in [-0.4, -0.2) is 17.6 Å². The highest BCUT2D eigenvalue weighted by Crippen LogP contribution is 2.33. The second kappa shape index (κ2) is 6.69. The minimum Gasteiger partial charge on any atom is -0.508 e. The van der Waals surface area contributed by atoms with Crippen LogP contribution >= 0.6 is 0 Å². The average Bonchev–Trinajstić information content (AvgIpc) is 2.71. The first-order chi connectivity index (χ1) is 11.1. The minimum atomic E-state index is -0.406. The van der Waals surface area contributed by atoms with Crippen LogP contribution in [-0.2, 0) is 11.2 Å². The number of nitrogens with one attached hydrogen (secondary N) is 1. The number of benzene rings is 2. The van der Waals surface area contributed by atoms with Gasteiger partial charge in [0.15, 0.2) is 11.6 Å². The summed E-state index contributed by atoms with van der Waals surface area (Å²) >= 11 is 0. The molecule has 1 amide bonds. The van der Waals surface area contributed by atoms with E-state index in [1.165, 1.54) is 6.07 Å². The van der Waals surface area contributed by atoms with Gasteiger partial charge in [-0.25, -0.2) is 4.39 Å². The van der Waals surface area contributed by atoms with Crippen LogP contribution in [0.1, 0.15) is 30.0 Å². The van der Waals surface area contributed by atoms with Gasteiger partial charge in [-0.15, -0.1) is 0 Å². The van der Waals surface area contributed by atoms with Crippen molar-refractivity contribution in [1.82, 2.24) is 5.32 Å². The molecule has 1 unspecified atom stereocenters. The summed E-state index contributed by atoms with van der Waals surface area (Å²) in [7, 11) is 0. The van der Waals surface area contributed by atoms with Gasteiger partial charge in [0.1, 0.15) is 5.75 Å². The molecule has 0 bridgehead atoms. The van der Waals surface area contributed by atoms with E-state index in [1.807, 2.05) is 0 Å². The zero-order chi connectivity index (χ0) is 16.2. The fraction of sp³-hybridized carbons (Fsp3) is 0.278. The molecular weight excluding hydrogens is 297 g/mol. The standard InChI is InChI=1S/C18H18FNO3/c19-15-7-2-6-14-16(8-3-9-23-18(14)15)20-17(22)11-12-4-1-5-13(21)10-12/h1-2,4-7,10,16,21H,3,8-9,11H2,(H,20,22). The number of aromatic hydroxyl groups is 1. The molecule has 1 aliphatic heterocycles. The van der Waals surface area contributed by atoms with Gasteiger partial charge in [-0.1, -0.05) is 24.3 Å². The van der Waals surface area contributed by atoms with Gasteiger partial charge in [-0.3, -0.25) is 4.79 Å². The number of halogens is 1. The number of hydrogen-bond donors (Lipinski definition) is 2. The van der Waals surface area contributed by atoms with Crippen LogP contribution in [0.2, 0.25) is 0 Å². The van der Waals surface area contributed by atoms with Gasteiger partial charge in [-0.2, -0.15) is 0 Å². The number of para-hydroxylation sites is 1. The topological polar surface area (TPSA) is 58.6 Å². The predicted molar refractivity (Wildman–Crippen MR) is 83.8 cm³/mol. The number of ether oxygens (including phenoxy) is 1. The fourth-order valence-electron chi connectivity index (χ4n) is 2.82. The first-order valence-corrected chi connectivity index (χ1v) is 7.62. The molecule has 0 fully saturated rings. The van der Waals surface area contributed by atoms with Crippen molar-refractivity contribution in [1.29, 1.82) is 0 Å². The Labute approximate surface area is 133 Å². The Bertz CT molecular complexity index is 717. The monoisotopic (exact) mass is 315 g/mol. The zero-order valence-electron chi connectivity index (χ0n) is 12.6. The van der Waals surface area contributed by atoms with Crippen molar-refractivity contribution in [2.24, 2.45) is 0 Å². The van der Waals surface area contributed by atoms with E-state index >= 15 is 0 Å². The van der Waals surface area contributed by atoms with E-state index in [-0.39, 0.29) is 29.9 Å². The first kappa shape index (κ1) is 15.3. The van der Waals surface area contributed by atoms with Crippen molar-refractivity contribution >= 4 is 5.91 Å². The molecule has 5 heteroatoms. The number of phenols is 1. The summed E-state index contributed by atoms with van der Waals surface area (Å²) in [5.41, 5.74) is 1.40. The van der Waals surface area contributed by atoms with Crippen molar-refractivity contribution in [2.45, 2.75) is 25.3 Å². The average molecular weight is 315 g/mol. The summed E-state index contributed by atoms with van der Waals surface area (Å²) < 4.78 is 19.4. The molecule has 0 saturated carbocycles. The molecular formula is C18H18FNO3. The highest BCUT2D eigenvalue weighted by atomic mass is 19.1. The molecule has 4 nitrogen and oxygen atoms in total. The van der Waals surface area contributed by atoms with Crippen molar-refractivity contribution in [3.05, 3.63) is 59.4 Å². The largest absolute Gasteiger partial charge is 0.508 e. The molecule has 3 rings (SSSR count). The first-order valence-electron chi connectivity index (χ1n) is 7.62. The van der Waals surface area contributed by atoms with Gasteiger partial charge in [0, 0.05) is 5.56 Å². The summed E-state index contributed by atoms with van der Waals surface area (Å²) in [5, 5.41) is 12.4. The van der Waals surface area contributed by atoms with Crippen LogP contribution in [0.15, 0.2) is 42.5 Å². The summed E-state index contributed by atoms with van der Waals surface area (Å²) in [6.07, 6.45) is 1.60. The summed E-state index contributed by atoms with van der Waals surface area (Å²) in [6.45, 7) is 0.437. The number of carbonyl (C=O) groups excluding carboxylic acids is 1. The summed E-state index contributed by atoms with van der Waals surface area (Å²) in [4.78, 5) is 12.3. The molecule has 2 N–H and O–H groups in total. The van der Waals surface area contributed by atoms with E-state index in [9.17, 15) is 14.3 Å². The third-order valence-electron chi connectivity index (χ3n) is 3.87. The Balaban J connectivity index is 1.75. The number of rotatable bonds is 3. The Morgan fingerprint density at radius 2 is 2.13 bits per heavy atom.